The van der Waals surface area contributed by atoms with E-state index in [4.69, 9.17) is 14.2 Å². The molecule has 1 N–H and O–H groups in total. The van der Waals surface area contributed by atoms with Crippen molar-refractivity contribution in [1.29, 1.82) is 0 Å². The van der Waals surface area contributed by atoms with Gasteiger partial charge in [-0.2, -0.15) is 0 Å². The van der Waals surface area contributed by atoms with Gasteiger partial charge in [-0.05, 0) is 36.4 Å². The molecule has 1 heterocycles. The zero-order valence-corrected chi connectivity index (χ0v) is 12.3. The molecule has 1 saturated heterocycles. The predicted molar refractivity (Wildman–Crippen MR) is 82.1 cm³/mol. The van der Waals surface area contributed by atoms with Gasteiger partial charge in [0.2, 0.25) is 0 Å². The Labute approximate surface area is 133 Å². The van der Waals surface area contributed by atoms with Gasteiger partial charge in [0, 0.05) is 11.8 Å². The van der Waals surface area contributed by atoms with E-state index in [1.165, 1.54) is 12.1 Å². The maximum atomic E-state index is 13.1. The van der Waals surface area contributed by atoms with Crippen molar-refractivity contribution in [2.75, 3.05) is 25.1 Å². The lowest BCUT2D eigenvalue weighted by Gasteiger charge is -2.22. The second-order valence-electron chi connectivity index (χ2n) is 5.01. The molecule has 23 heavy (non-hydrogen) atoms. The maximum Gasteiger partial charge on any atom is 0.255 e. The molecular formula is C17H16FNO4. The molecule has 0 bridgehead atoms. The molecule has 0 spiro atoms. The number of halogens is 1. The fraction of sp³-hybridized carbons (Fsp3) is 0.235. The van der Waals surface area contributed by atoms with E-state index in [9.17, 15) is 9.18 Å². The lowest BCUT2D eigenvalue weighted by atomic mass is 10.2. The number of carbonyl (C=O) groups is 1. The molecule has 1 aliphatic rings. The van der Waals surface area contributed by atoms with E-state index in [1.54, 1.807) is 36.4 Å². The zero-order valence-electron chi connectivity index (χ0n) is 12.3. The molecule has 1 amide bonds. The van der Waals surface area contributed by atoms with Crippen LogP contribution >= 0.6 is 0 Å². The first-order chi connectivity index (χ1) is 11.2. The van der Waals surface area contributed by atoms with Crippen molar-refractivity contribution in [3.63, 3.8) is 0 Å². The zero-order chi connectivity index (χ0) is 16.1. The Kier molecular flexibility index (Phi) is 4.85. The number of rotatable bonds is 4. The molecule has 5 nitrogen and oxygen atoms in total. The second kappa shape index (κ2) is 7.21. The summed E-state index contributed by atoms with van der Waals surface area (Å²) in [5.74, 6) is 0.352. The van der Waals surface area contributed by atoms with Crippen molar-refractivity contribution in [3.8, 4) is 11.5 Å². The van der Waals surface area contributed by atoms with Crippen molar-refractivity contribution in [3.05, 3.63) is 54.3 Å². The molecule has 0 saturated carbocycles. The molecule has 1 unspecified atom stereocenters. The minimum absolute atomic E-state index is 0.247. The summed E-state index contributed by atoms with van der Waals surface area (Å²) in [6.07, 6.45) is -0.591. The maximum absolute atomic E-state index is 13.1. The van der Waals surface area contributed by atoms with Crippen molar-refractivity contribution in [2.45, 2.75) is 6.10 Å². The number of ether oxygens (including phenoxy) is 3. The summed E-state index contributed by atoms with van der Waals surface area (Å²) in [4.78, 5) is 12.0. The molecule has 0 radical (unpaired) electrons. The van der Waals surface area contributed by atoms with Crippen LogP contribution < -0.4 is 10.1 Å². The van der Waals surface area contributed by atoms with Gasteiger partial charge >= 0.3 is 0 Å². The molecule has 120 valence electrons. The van der Waals surface area contributed by atoms with Crippen LogP contribution in [0.4, 0.5) is 10.1 Å². The molecule has 1 atom stereocenters. The van der Waals surface area contributed by atoms with E-state index in [-0.39, 0.29) is 18.3 Å². The van der Waals surface area contributed by atoms with Crippen LogP contribution in [0.15, 0.2) is 48.5 Å². The van der Waals surface area contributed by atoms with Gasteiger partial charge in [0.1, 0.15) is 17.3 Å². The topological polar surface area (TPSA) is 56.8 Å². The molecule has 2 aromatic carbocycles. The summed E-state index contributed by atoms with van der Waals surface area (Å²) < 4.78 is 29.2. The fourth-order valence-electron chi connectivity index (χ4n) is 2.13. The van der Waals surface area contributed by atoms with Crippen LogP contribution in [-0.2, 0) is 14.3 Å². The second-order valence-corrected chi connectivity index (χ2v) is 5.01. The Morgan fingerprint density at radius 1 is 1.13 bits per heavy atom. The third kappa shape index (κ3) is 4.28. The summed E-state index contributed by atoms with van der Waals surface area (Å²) >= 11 is 0. The van der Waals surface area contributed by atoms with Gasteiger partial charge in [0.15, 0.2) is 6.10 Å². The van der Waals surface area contributed by atoms with Crippen molar-refractivity contribution in [1.82, 2.24) is 0 Å². The van der Waals surface area contributed by atoms with Crippen molar-refractivity contribution in [2.24, 2.45) is 0 Å². The Bertz CT molecular complexity index is 669. The molecule has 0 aliphatic carbocycles. The third-order valence-corrected chi connectivity index (χ3v) is 3.26. The van der Waals surface area contributed by atoms with Gasteiger partial charge < -0.3 is 19.5 Å². The molecule has 1 aliphatic heterocycles. The van der Waals surface area contributed by atoms with E-state index in [0.29, 0.717) is 30.4 Å². The third-order valence-electron chi connectivity index (χ3n) is 3.26. The average molecular weight is 317 g/mol. The molecular weight excluding hydrogens is 301 g/mol. The van der Waals surface area contributed by atoms with Gasteiger partial charge in [-0.25, -0.2) is 4.39 Å². The highest BCUT2D eigenvalue weighted by molar-refractivity contribution is 5.94. The van der Waals surface area contributed by atoms with Gasteiger partial charge in [0.05, 0.1) is 19.8 Å². The van der Waals surface area contributed by atoms with E-state index in [2.05, 4.69) is 5.32 Å². The summed E-state index contributed by atoms with van der Waals surface area (Å²) in [5, 5.41) is 2.75. The predicted octanol–water partition coefficient (Wildman–Crippen LogP) is 2.97. The SMILES string of the molecule is O=C(Nc1ccc(Oc2cccc(F)c2)cc1)C1COCCO1. The number of carbonyl (C=O) groups excluding carboxylic acids is 1. The standard InChI is InChI=1S/C17H16FNO4/c18-12-2-1-3-15(10-12)23-14-6-4-13(5-7-14)19-17(20)16-11-21-8-9-22-16/h1-7,10,16H,8-9,11H2,(H,19,20). The molecule has 3 rings (SSSR count). The Balaban J connectivity index is 1.59. The van der Waals surface area contributed by atoms with Crippen molar-refractivity contribution < 1.29 is 23.4 Å². The Hall–Kier alpha value is -2.44. The Morgan fingerprint density at radius 2 is 1.96 bits per heavy atom. The normalized spacial score (nSPS) is 17.5. The van der Waals surface area contributed by atoms with Crippen LogP contribution in [0.25, 0.3) is 0 Å². The number of hydrogen-bond acceptors (Lipinski definition) is 4. The summed E-state index contributed by atoms with van der Waals surface area (Å²) in [5.41, 5.74) is 0.621. The van der Waals surface area contributed by atoms with Gasteiger partial charge in [-0.3, -0.25) is 4.79 Å². The number of benzene rings is 2. The molecule has 1 fully saturated rings. The first kappa shape index (κ1) is 15.5. The first-order valence-corrected chi connectivity index (χ1v) is 7.24. The van der Waals surface area contributed by atoms with E-state index >= 15 is 0 Å². The smallest absolute Gasteiger partial charge is 0.255 e. The number of nitrogens with one attached hydrogen (secondary N) is 1. The van der Waals surface area contributed by atoms with Crippen molar-refractivity contribution >= 4 is 11.6 Å². The van der Waals surface area contributed by atoms with Crippen LogP contribution in [0.5, 0.6) is 11.5 Å². The highest BCUT2D eigenvalue weighted by Gasteiger charge is 2.22. The van der Waals surface area contributed by atoms with E-state index < -0.39 is 6.10 Å². The largest absolute Gasteiger partial charge is 0.457 e. The van der Waals surface area contributed by atoms with Crippen LogP contribution in [0.3, 0.4) is 0 Å². The first-order valence-electron chi connectivity index (χ1n) is 7.24. The minimum Gasteiger partial charge on any atom is -0.457 e. The van der Waals surface area contributed by atoms with Gasteiger partial charge in [0.25, 0.3) is 5.91 Å². The number of amides is 1. The van der Waals surface area contributed by atoms with Crippen LogP contribution in [0.2, 0.25) is 0 Å². The number of anilines is 1. The van der Waals surface area contributed by atoms with E-state index in [1.807, 2.05) is 0 Å². The van der Waals surface area contributed by atoms with Gasteiger partial charge in [-0.15, -0.1) is 0 Å². The Morgan fingerprint density at radius 3 is 2.65 bits per heavy atom. The lowest BCUT2D eigenvalue weighted by Crippen LogP contribution is -2.39. The lowest BCUT2D eigenvalue weighted by molar-refractivity contribution is -0.142. The summed E-state index contributed by atoms with van der Waals surface area (Å²) in [6.45, 7) is 1.18. The number of hydrogen-bond donors (Lipinski definition) is 1. The quantitative estimate of drug-likeness (QED) is 0.942. The average Bonchev–Trinajstić information content (AvgIpc) is 2.57. The summed E-state index contributed by atoms with van der Waals surface area (Å²) in [6, 6.07) is 12.7. The highest BCUT2D eigenvalue weighted by Crippen LogP contribution is 2.23. The fourth-order valence-corrected chi connectivity index (χ4v) is 2.13. The molecule has 6 heteroatoms. The van der Waals surface area contributed by atoms with E-state index in [0.717, 1.165) is 0 Å². The van der Waals surface area contributed by atoms with Crippen LogP contribution in [0, 0.1) is 5.82 Å². The summed E-state index contributed by atoms with van der Waals surface area (Å²) in [7, 11) is 0. The van der Waals surface area contributed by atoms with Gasteiger partial charge in [-0.1, -0.05) is 6.07 Å². The monoisotopic (exact) mass is 317 g/mol. The van der Waals surface area contributed by atoms with Crippen LogP contribution in [0.1, 0.15) is 0 Å². The molecule has 0 aromatic heterocycles. The highest BCUT2D eigenvalue weighted by atomic mass is 19.1. The van der Waals surface area contributed by atoms with Crippen LogP contribution in [-0.4, -0.2) is 31.8 Å². The molecule has 2 aromatic rings. The minimum atomic E-state index is -0.591.